The van der Waals surface area contributed by atoms with Crippen LogP contribution >= 0.6 is 0 Å². The highest BCUT2D eigenvalue weighted by molar-refractivity contribution is 5.21. The molecule has 0 atom stereocenters. The minimum absolute atomic E-state index is 0.267. The van der Waals surface area contributed by atoms with Crippen LogP contribution < -0.4 is 10.5 Å². The summed E-state index contributed by atoms with van der Waals surface area (Å²) in [5, 5.41) is 4.06. The lowest BCUT2D eigenvalue weighted by molar-refractivity contribution is 0.224. The molecule has 1 aliphatic rings. The third-order valence-electron chi connectivity index (χ3n) is 4.19. The summed E-state index contributed by atoms with van der Waals surface area (Å²) in [4.78, 5) is 4.42. The van der Waals surface area contributed by atoms with Crippen molar-refractivity contribution >= 4 is 0 Å². The van der Waals surface area contributed by atoms with Gasteiger partial charge in [0.15, 0.2) is 12.4 Å². The van der Waals surface area contributed by atoms with Crippen molar-refractivity contribution in [3.63, 3.8) is 0 Å². The Balaban J connectivity index is 1.63. The van der Waals surface area contributed by atoms with Gasteiger partial charge in [-0.2, -0.15) is 4.98 Å². The number of ether oxygens (including phenoxy) is 1. The van der Waals surface area contributed by atoms with Crippen LogP contribution in [0, 0.1) is 5.92 Å². The summed E-state index contributed by atoms with van der Waals surface area (Å²) in [6.07, 6.45) is 4.04. The number of aromatic nitrogens is 2. The van der Waals surface area contributed by atoms with Gasteiger partial charge in [0.2, 0.25) is 0 Å². The van der Waals surface area contributed by atoms with Crippen LogP contribution in [0.1, 0.15) is 44.3 Å². The summed E-state index contributed by atoms with van der Waals surface area (Å²) < 4.78 is 10.9. The molecule has 1 aromatic heterocycles. The van der Waals surface area contributed by atoms with Crippen LogP contribution in [0.25, 0.3) is 0 Å². The van der Waals surface area contributed by atoms with Gasteiger partial charge in [-0.25, -0.2) is 0 Å². The number of nitrogens with two attached hydrogens (primary N) is 1. The van der Waals surface area contributed by atoms with Crippen LogP contribution in [0.2, 0.25) is 0 Å². The Morgan fingerprint density at radius 3 is 2.71 bits per heavy atom. The maximum Gasteiger partial charge on any atom is 0.264 e. The van der Waals surface area contributed by atoms with E-state index in [4.69, 9.17) is 15.0 Å². The van der Waals surface area contributed by atoms with Crippen molar-refractivity contribution in [3.05, 3.63) is 42.0 Å². The summed E-state index contributed by atoms with van der Waals surface area (Å²) >= 11 is 0. The van der Waals surface area contributed by atoms with E-state index >= 15 is 0 Å². The summed E-state index contributed by atoms with van der Waals surface area (Å²) in [5.41, 5.74) is 5.99. The molecule has 0 saturated heterocycles. The largest absolute Gasteiger partial charge is 0.484 e. The second-order valence-corrected chi connectivity index (χ2v) is 5.95. The number of para-hydroxylation sites is 1. The minimum Gasteiger partial charge on any atom is -0.484 e. The monoisotopic (exact) mass is 287 g/mol. The summed E-state index contributed by atoms with van der Waals surface area (Å²) in [5.74, 6) is 2.60. The normalized spacial score (nSPS) is 25.7. The van der Waals surface area contributed by atoms with E-state index in [0.29, 0.717) is 11.7 Å². The van der Waals surface area contributed by atoms with Crippen LogP contribution in [0.3, 0.4) is 0 Å². The van der Waals surface area contributed by atoms with E-state index in [1.165, 1.54) is 0 Å². The molecule has 0 unspecified atom stereocenters. The summed E-state index contributed by atoms with van der Waals surface area (Å²) in [6, 6.07) is 9.58. The van der Waals surface area contributed by atoms with E-state index in [2.05, 4.69) is 17.1 Å². The average molecular weight is 287 g/mol. The van der Waals surface area contributed by atoms with Crippen molar-refractivity contribution in [2.45, 2.75) is 44.8 Å². The van der Waals surface area contributed by atoms with Crippen molar-refractivity contribution in [1.82, 2.24) is 10.1 Å². The molecule has 1 saturated carbocycles. The van der Waals surface area contributed by atoms with Crippen LogP contribution in [0.5, 0.6) is 5.75 Å². The molecular formula is C16H21N3O2. The Labute approximate surface area is 124 Å². The summed E-state index contributed by atoms with van der Waals surface area (Å²) in [6.45, 7) is 2.53. The van der Waals surface area contributed by atoms with E-state index in [1.54, 1.807) is 0 Å². The van der Waals surface area contributed by atoms with E-state index in [0.717, 1.165) is 37.4 Å². The standard InChI is InChI=1S/C16H21N3O2/c1-12-7-9-16(17,10-8-12)15-18-14(21-19-15)11-20-13-5-3-2-4-6-13/h2-6,12H,7-11,17H2,1H3. The van der Waals surface area contributed by atoms with Gasteiger partial charge in [0.05, 0.1) is 5.54 Å². The highest BCUT2D eigenvalue weighted by atomic mass is 16.5. The topological polar surface area (TPSA) is 74.2 Å². The molecule has 3 rings (SSSR count). The second-order valence-electron chi connectivity index (χ2n) is 5.95. The predicted molar refractivity (Wildman–Crippen MR) is 78.6 cm³/mol. The molecule has 0 amide bonds. The first-order valence-electron chi connectivity index (χ1n) is 7.45. The van der Waals surface area contributed by atoms with Crippen molar-refractivity contribution in [1.29, 1.82) is 0 Å². The molecule has 5 nitrogen and oxygen atoms in total. The number of rotatable bonds is 4. The van der Waals surface area contributed by atoms with Gasteiger partial charge in [0, 0.05) is 0 Å². The number of hydrogen-bond acceptors (Lipinski definition) is 5. The highest BCUT2D eigenvalue weighted by Gasteiger charge is 2.36. The molecular weight excluding hydrogens is 266 g/mol. The van der Waals surface area contributed by atoms with Crippen molar-refractivity contribution < 1.29 is 9.26 Å². The third kappa shape index (κ3) is 3.24. The molecule has 0 aliphatic heterocycles. The van der Waals surface area contributed by atoms with Gasteiger partial charge in [-0.05, 0) is 43.7 Å². The summed E-state index contributed by atoms with van der Waals surface area (Å²) in [7, 11) is 0. The zero-order chi connectivity index (χ0) is 14.7. The third-order valence-corrected chi connectivity index (χ3v) is 4.19. The maximum atomic E-state index is 6.44. The van der Waals surface area contributed by atoms with Crippen molar-refractivity contribution in [2.75, 3.05) is 0 Å². The molecule has 1 heterocycles. The molecule has 0 spiro atoms. The molecule has 1 aliphatic carbocycles. The molecule has 21 heavy (non-hydrogen) atoms. The van der Waals surface area contributed by atoms with E-state index in [9.17, 15) is 0 Å². The molecule has 112 valence electrons. The average Bonchev–Trinajstić information content (AvgIpc) is 2.99. The molecule has 2 aromatic rings. The SMILES string of the molecule is CC1CCC(N)(c2noc(COc3ccccc3)n2)CC1. The number of hydrogen-bond donors (Lipinski definition) is 1. The lowest BCUT2D eigenvalue weighted by Crippen LogP contribution is -2.41. The second kappa shape index (κ2) is 5.85. The highest BCUT2D eigenvalue weighted by Crippen LogP contribution is 2.35. The fraction of sp³-hybridized carbons (Fsp3) is 0.500. The van der Waals surface area contributed by atoms with E-state index in [-0.39, 0.29) is 6.61 Å². The van der Waals surface area contributed by atoms with Crippen LogP contribution in [-0.2, 0) is 12.1 Å². The minimum atomic E-state index is -0.443. The number of benzene rings is 1. The lowest BCUT2D eigenvalue weighted by Gasteiger charge is -2.33. The molecule has 2 N–H and O–H groups in total. The molecule has 1 fully saturated rings. The first kappa shape index (κ1) is 14.1. The van der Waals surface area contributed by atoms with E-state index < -0.39 is 5.54 Å². The molecule has 1 aromatic carbocycles. The van der Waals surface area contributed by atoms with E-state index in [1.807, 2.05) is 30.3 Å². The lowest BCUT2D eigenvalue weighted by atomic mass is 9.77. The van der Waals surface area contributed by atoms with Gasteiger partial charge < -0.3 is 15.0 Å². The Morgan fingerprint density at radius 2 is 2.00 bits per heavy atom. The number of nitrogens with zero attached hydrogens (tertiary/aromatic N) is 2. The van der Waals surface area contributed by atoms with Gasteiger partial charge >= 0.3 is 0 Å². The smallest absolute Gasteiger partial charge is 0.264 e. The molecule has 0 bridgehead atoms. The Morgan fingerprint density at radius 1 is 1.29 bits per heavy atom. The van der Waals surface area contributed by atoms with Gasteiger partial charge in [0.1, 0.15) is 5.75 Å². The molecule has 5 heteroatoms. The zero-order valence-electron chi connectivity index (χ0n) is 12.3. The van der Waals surface area contributed by atoms with Gasteiger partial charge in [-0.1, -0.05) is 30.3 Å². The fourth-order valence-corrected chi connectivity index (χ4v) is 2.68. The van der Waals surface area contributed by atoms with Crippen LogP contribution in [0.4, 0.5) is 0 Å². The van der Waals surface area contributed by atoms with Crippen LogP contribution in [0.15, 0.2) is 34.9 Å². The van der Waals surface area contributed by atoms with Gasteiger partial charge in [-0.15, -0.1) is 0 Å². The predicted octanol–water partition coefficient (Wildman–Crippen LogP) is 3.01. The quantitative estimate of drug-likeness (QED) is 0.935. The van der Waals surface area contributed by atoms with Crippen LogP contribution in [-0.4, -0.2) is 10.1 Å². The van der Waals surface area contributed by atoms with Gasteiger partial charge in [-0.3, -0.25) is 0 Å². The zero-order valence-corrected chi connectivity index (χ0v) is 12.3. The fourth-order valence-electron chi connectivity index (χ4n) is 2.68. The van der Waals surface area contributed by atoms with Gasteiger partial charge in [0.25, 0.3) is 5.89 Å². The Bertz CT molecular complexity index is 574. The first-order chi connectivity index (χ1) is 10.2. The van der Waals surface area contributed by atoms with Crippen molar-refractivity contribution in [2.24, 2.45) is 11.7 Å². The van der Waals surface area contributed by atoms with Crippen molar-refractivity contribution in [3.8, 4) is 5.75 Å². The maximum absolute atomic E-state index is 6.44. The Hall–Kier alpha value is -1.88. The molecule has 0 radical (unpaired) electrons. The Kier molecular flexibility index (Phi) is 3.92. The first-order valence-corrected chi connectivity index (χ1v) is 7.45.